The van der Waals surface area contributed by atoms with Crippen LogP contribution in [0.15, 0.2) is 12.1 Å². The van der Waals surface area contributed by atoms with Crippen LogP contribution in [0.1, 0.15) is 12.5 Å². The Morgan fingerprint density at radius 2 is 1.75 bits per heavy atom. The number of hydrogen-bond donors (Lipinski definition) is 0. The Bertz CT molecular complexity index is 261. The maximum absolute atomic E-state index is 5.26. The summed E-state index contributed by atoms with van der Waals surface area (Å²) in [6.45, 7) is 2.16. The molecule has 0 unspecified atom stereocenters. The summed E-state index contributed by atoms with van der Waals surface area (Å²) < 4.78 is 7.65. The van der Waals surface area contributed by atoms with Crippen LogP contribution in [0.3, 0.4) is 0 Å². The van der Waals surface area contributed by atoms with Crippen molar-refractivity contribution >= 4 is 45.2 Å². The molecule has 12 heavy (non-hydrogen) atoms. The summed E-state index contributed by atoms with van der Waals surface area (Å²) in [6.07, 6.45) is 1.08. The maximum Gasteiger partial charge on any atom is 0.145 e. The smallest absolute Gasteiger partial charge is 0.145 e. The van der Waals surface area contributed by atoms with Gasteiger partial charge in [-0.1, -0.05) is 6.92 Å². The Labute approximate surface area is 100 Å². The van der Waals surface area contributed by atoms with E-state index in [0.29, 0.717) is 0 Å². The minimum Gasteiger partial charge on any atom is -0.495 e. The van der Waals surface area contributed by atoms with Crippen molar-refractivity contribution in [3.05, 3.63) is 24.8 Å². The fraction of sp³-hybridized carbons (Fsp3) is 0.333. The van der Waals surface area contributed by atoms with Crippen molar-refractivity contribution in [3.8, 4) is 5.75 Å². The average Bonchev–Trinajstić information content (AvgIpc) is 2.03. The lowest BCUT2D eigenvalue weighted by atomic mass is 10.2. The van der Waals surface area contributed by atoms with Gasteiger partial charge in [-0.25, -0.2) is 0 Å². The van der Waals surface area contributed by atoms with Crippen LogP contribution in [0.4, 0.5) is 0 Å². The molecule has 0 aliphatic rings. The average molecular weight is 388 g/mol. The number of hydrogen-bond acceptors (Lipinski definition) is 1. The van der Waals surface area contributed by atoms with Gasteiger partial charge in [-0.3, -0.25) is 0 Å². The Balaban J connectivity index is 3.18. The first-order valence-corrected chi connectivity index (χ1v) is 5.86. The van der Waals surface area contributed by atoms with Crippen LogP contribution in [0, 0.1) is 7.14 Å². The molecule has 1 aromatic carbocycles. The van der Waals surface area contributed by atoms with E-state index in [1.54, 1.807) is 7.11 Å². The van der Waals surface area contributed by atoms with Crippen LogP contribution in [0.5, 0.6) is 5.75 Å². The highest BCUT2D eigenvalue weighted by Gasteiger charge is 2.05. The molecule has 0 heterocycles. The second-order valence-corrected chi connectivity index (χ2v) is 4.77. The van der Waals surface area contributed by atoms with Gasteiger partial charge in [0.25, 0.3) is 0 Å². The molecule has 0 aliphatic carbocycles. The molecule has 1 nitrogen and oxygen atoms in total. The fourth-order valence-corrected chi connectivity index (χ4v) is 3.35. The molecule has 0 saturated heterocycles. The van der Waals surface area contributed by atoms with Crippen molar-refractivity contribution in [1.29, 1.82) is 0 Å². The fourth-order valence-electron chi connectivity index (χ4n) is 1.01. The van der Waals surface area contributed by atoms with E-state index < -0.39 is 0 Å². The third-order valence-corrected chi connectivity index (χ3v) is 3.27. The van der Waals surface area contributed by atoms with E-state index in [1.807, 2.05) is 0 Å². The van der Waals surface area contributed by atoms with Crippen LogP contribution in [0.25, 0.3) is 0 Å². The van der Waals surface area contributed by atoms with E-state index in [0.717, 1.165) is 12.2 Å². The number of benzene rings is 1. The first kappa shape index (κ1) is 10.6. The molecule has 0 bridgehead atoms. The molecule has 0 atom stereocenters. The van der Waals surface area contributed by atoms with Gasteiger partial charge in [0.1, 0.15) is 5.75 Å². The molecule has 0 aliphatic heterocycles. The second kappa shape index (κ2) is 4.64. The minimum absolute atomic E-state index is 0.994. The van der Waals surface area contributed by atoms with Crippen molar-refractivity contribution in [2.24, 2.45) is 0 Å². The molecule has 0 N–H and O–H groups in total. The molecule has 0 spiro atoms. The highest BCUT2D eigenvalue weighted by molar-refractivity contribution is 14.1. The standard InChI is InChI=1S/C9H10I2O/c1-3-6-4-7(10)9(12-2)8(11)5-6/h4-5H,3H2,1-2H3. The number of halogens is 2. The van der Waals surface area contributed by atoms with Crippen LogP contribution in [-0.4, -0.2) is 7.11 Å². The largest absolute Gasteiger partial charge is 0.495 e. The molecule has 1 aromatic rings. The van der Waals surface area contributed by atoms with Gasteiger partial charge in [0.15, 0.2) is 0 Å². The van der Waals surface area contributed by atoms with Gasteiger partial charge in [0, 0.05) is 0 Å². The first-order valence-electron chi connectivity index (χ1n) is 3.71. The molecular formula is C9H10I2O. The molecule has 3 heteroatoms. The predicted octanol–water partition coefficient (Wildman–Crippen LogP) is 3.47. The van der Waals surface area contributed by atoms with E-state index in [2.05, 4.69) is 64.2 Å². The van der Waals surface area contributed by atoms with Crippen LogP contribution in [-0.2, 0) is 6.42 Å². The van der Waals surface area contributed by atoms with Gasteiger partial charge in [-0.2, -0.15) is 0 Å². The molecule has 0 amide bonds. The normalized spacial score (nSPS) is 10.0. The van der Waals surface area contributed by atoms with E-state index >= 15 is 0 Å². The van der Waals surface area contributed by atoms with Crippen molar-refractivity contribution < 1.29 is 4.74 Å². The van der Waals surface area contributed by atoms with Crippen molar-refractivity contribution in [1.82, 2.24) is 0 Å². The van der Waals surface area contributed by atoms with Gasteiger partial charge < -0.3 is 4.74 Å². The van der Waals surface area contributed by atoms with Crippen LogP contribution < -0.4 is 4.74 Å². The van der Waals surface area contributed by atoms with Crippen molar-refractivity contribution in [2.45, 2.75) is 13.3 Å². The zero-order valence-corrected chi connectivity index (χ0v) is 11.3. The Morgan fingerprint density at radius 1 is 1.25 bits per heavy atom. The monoisotopic (exact) mass is 388 g/mol. The van der Waals surface area contributed by atoms with E-state index in [9.17, 15) is 0 Å². The second-order valence-electron chi connectivity index (χ2n) is 2.45. The molecule has 1 rings (SSSR count). The Hall–Kier alpha value is 0.480. The highest BCUT2D eigenvalue weighted by Crippen LogP contribution is 2.28. The van der Waals surface area contributed by atoms with Gasteiger partial charge in [-0.15, -0.1) is 0 Å². The molecule has 0 fully saturated rings. The predicted molar refractivity (Wildman–Crippen MR) is 67.8 cm³/mol. The quantitative estimate of drug-likeness (QED) is 0.706. The minimum atomic E-state index is 0.994. The number of aryl methyl sites for hydroxylation is 1. The lowest BCUT2D eigenvalue weighted by Crippen LogP contribution is -1.92. The van der Waals surface area contributed by atoms with Gasteiger partial charge in [0.05, 0.1) is 14.3 Å². The Morgan fingerprint density at radius 3 is 2.08 bits per heavy atom. The van der Waals surface area contributed by atoms with Gasteiger partial charge in [-0.05, 0) is 69.3 Å². The molecule has 66 valence electrons. The number of methoxy groups -OCH3 is 1. The topological polar surface area (TPSA) is 9.23 Å². The highest BCUT2D eigenvalue weighted by atomic mass is 127. The lowest BCUT2D eigenvalue weighted by molar-refractivity contribution is 0.408. The molecule has 0 saturated carbocycles. The summed E-state index contributed by atoms with van der Waals surface area (Å²) in [5.41, 5.74) is 1.37. The van der Waals surface area contributed by atoms with E-state index in [4.69, 9.17) is 4.74 Å². The van der Waals surface area contributed by atoms with E-state index in [-0.39, 0.29) is 0 Å². The summed E-state index contributed by atoms with van der Waals surface area (Å²) in [5.74, 6) is 0.994. The lowest BCUT2D eigenvalue weighted by Gasteiger charge is -2.07. The van der Waals surface area contributed by atoms with Gasteiger partial charge in [0.2, 0.25) is 0 Å². The zero-order valence-electron chi connectivity index (χ0n) is 7.03. The summed E-state index contributed by atoms with van der Waals surface area (Å²) in [4.78, 5) is 0. The first-order chi connectivity index (χ1) is 5.69. The van der Waals surface area contributed by atoms with E-state index in [1.165, 1.54) is 12.7 Å². The third kappa shape index (κ3) is 2.25. The molecule has 0 aromatic heterocycles. The maximum atomic E-state index is 5.26. The summed E-state index contributed by atoms with van der Waals surface area (Å²) in [5, 5.41) is 0. The molecular weight excluding hydrogens is 378 g/mol. The Kier molecular flexibility index (Phi) is 4.09. The number of rotatable bonds is 2. The van der Waals surface area contributed by atoms with Crippen molar-refractivity contribution in [2.75, 3.05) is 7.11 Å². The third-order valence-electron chi connectivity index (χ3n) is 1.67. The summed E-state index contributed by atoms with van der Waals surface area (Å²) in [6, 6.07) is 4.34. The van der Waals surface area contributed by atoms with Crippen LogP contribution in [0.2, 0.25) is 0 Å². The number of ether oxygens (including phenoxy) is 1. The SMILES string of the molecule is CCc1cc(I)c(OC)c(I)c1. The molecule has 0 radical (unpaired) electrons. The zero-order chi connectivity index (χ0) is 9.14. The summed E-state index contributed by atoms with van der Waals surface area (Å²) >= 11 is 4.61. The van der Waals surface area contributed by atoms with Crippen molar-refractivity contribution in [3.63, 3.8) is 0 Å². The van der Waals surface area contributed by atoms with Crippen LogP contribution >= 0.6 is 45.2 Å². The summed E-state index contributed by atoms with van der Waals surface area (Å²) in [7, 11) is 1.71. The van der Waals surface area contributed by atoms with Gasteiger partial charge >= 0.3 is 0 Å².